The minimum Gasteiger partial charge on any atom is -0.494 e. The van der Waals surface area contributed by atoms with Crippen LogP contribution in [-0.2, 0) is 6.54 Å². The zero-order chi connectivity index (χ0) is 18.0. The summed E-state index contributed by atoms with van der Waals surface area (Å²) < 4.78 is 7.43. The van der Waals surface area contributed by atoms with Gasteiger partial charge in [-0.05, 0) is 46.7 Å². The van der Waals surface area contributed by atoms with Crippen LogP contribution in [0.3, 0.4) is 0 Å². The largest absolute Gasteiger partial charge is 0.494 e. The molecule has 0 amide bonds. The molecule has 0 saturated carbocycles. The van der Waals surface area contributed by atoms with Gasteiger partial charge in [-0.3, -0.25) is 0 Å². The fourth-order valence-corrected chi connectivity index (χ4v) is 3.20. The van der Waals surface area contributed by atoms with Crippen LogP contribution in [0.2, 0.25) is 0 Å². The Kier molecular flexibility index (Phi) is 7.04. The van der Waals surface area contributed by atoms with Gasteiger partial charge in [0.25, 0.3) is 0 Å². The van der Waals surface area contributed by atoms with Crippen molar-refractivity contribution >= 4 is 11.8 Å². The number of thioether (sulfide) groups is 1. The van der Waals surface area contributed by atoms with E-state index in [2.05, 4.69) is 39.9 Å². The number of hydrogen-bond donors (Lipinski definition) is 1. The van der Waals surface area contributed by atoms with Crippen molar-refractivity contribution in [1.29, 1.82) is 0 Å². The van der Waals surface area contributed by atoms with Crippen molar-refractivity contribution in [2.75, 3.05) is 18.9 Å². The van der Waals surface area contributed by atoms with Gasteiger partial charge in [0, 0.05) is 18.8 Å². The highest BCUT2D eigenvalue weighted by Gasteiger charge is 2.08. The molecule has 0 aliphatic heterocycles. The smallest absolute Gasteiger partial charge is 0.214 e. The molecule has 3 rings (SSSR count). The van der Waals surface area contributed by atoms with E-state index in [9.17, 15) is 0 Å². The van der Waals surface area contributed by atoms with Crippen molar-refractivity contribution in [2.24, 2.45) is 0 Å². The Morgan fingerprint density at radius 3 is 2.85 bits per heavy atom. The number of aromatic nitrogens is 4. The minimum absolute atomic E-state index is 0.754. The molecule has 0 bridgehead atoms. The van der Waals surface area contributed by atoms with Crippen molar-refractivity contribution in [3.05, 3.63) is 60.2 Å². The first kappa shape index (κ1) is 18.4. The van der Waals surface area contributed by atoms with Crippen molar-refractivity contribution < 1.29 is 4.74 Å². The second-order valence-electron chi connectivity index (χ2n) is 5.73. The molecule has 0 radical (unpaired) electrons. The van der Waals surface area contributed by atoms with Crippen molar-refractivity contribution in [3.8, 4) is 11.4 Å². The van der Waals surface area contributed by atoms with Crippen LogP contribution in [0.25, 0.3) is 5.69 Å². The first-order valence-electron chi connectivity index (χ1n) is 8.76. The molecule has 6 nitrogen and oxygen atoms in total. The van der Waals surface area contributed by atoms with E-state index >= 15 is 0 Å². The van der Waals surface area contributed by atoms with Gasteiger partial charge in [-0.2, -0.15) is 4.68 Å². The Balaban J connectivity index is 1.44. The summed E-state index contributed by atoms with van der Waals surface area (Å²) in [7, 11) is 0. The molecule has 1 N–H and O–H groups in total. The van der Waals surface area contributed by atoms with Crippen LogP contribution >= 0.6 is 11.8 Å². The van der Waals surface area contributed by atoms with Gasteiger partial charge in [0.05, 0.1) is 12.3 Å². The van der Waals surface area contributed by atoms with E-state index in [1.165, 1.54) is 5.56 Å². The van der Waals surface area contributed by atoms with Gasteiger partial charge < -0.3 is 10.1 Å². The average molecular weight is 369 g/mol. The fourth-order valence-electron chi connectivity index (χ4n) is 2.41. The SMILES string of the molecule is CCCOc1cccc(CNCCSc2nnnn2-c2ccccc2)c1. The highest BCUT2D eigenvalue weighted by Crippen LogP contribution is 2.17. The fraction of sp³-hybridized carbons (Fsp3) is 0.316. The topological polar surface area (TPSA) is 64.9 Å². The van der Waals surface area contributed by atoms with Gasteiger partial charge in [-0.25, -0.2) is 0 Å². The van der Waals surface area contributed by atoms with Crippen LogP contribution < -0.4 is 10.1 Å². The third-order valence-electron chi connectivity index (χ3n) is 3.65. The molecule has 26 heavy (non-hydrogen) atoms. The lowest BCUT2D eigenvalue weighted by molar-refractivity contribution is 0.317. The molecule has 0 atom stereocenters. The van der Waals surface area contributed by atoms with Crippen molar-refractivity contribution in [2.45, 2.75) is 25.0 Å². The van der Waals surface area contributed by atoms with E-state index in [-0.39, 0.29) is 0 Å². The summed E-state index contributed by atoms with van der Waals surface area (Å²) in [5.74, 6) is 1.82. The summed E-state index contributed by atoms with van der Waals surface area (Å²) in [4.78, 5) is 0. The first-order valence-corrected chi connectivity index (χ1v) is 9.74. The molecule has 136 valence electrons. The van der Waals surface area contributed by atoms with Gasteiger partial charge >= 0.3 is 0 Å². The van der Waals surface area contributed by atoms with Gasteiger partial charge in [0.2, 0.25) is 5.16 Å². The van der Waals surface area contributed by atoms with Gasteiger partial charge in [0.1, 0.15) is 5.75 Å². The Bertz CT molecular complexity index is 793. The molecule has 1 aromatic heterocycles. The third-order valence-corrected chi connectivity index (χ3v) is 4.57. The maximum Gasteiger partial charge on any atom is 0.214 e. The number of nitrogens with zero attached hydrogens (tertiary/aromatic N) is 4. The standard InChI is InChI=1S/C19H23N5OS/c1-2-12-25-18-10-6-7-16(14-18)15-20-11-13-26-19-21-22-23-24(19)17-8-4-3-5-9-17/h3-10,14,20H,2,11-13,15H2,1H3. The molecule has 0 unspecified atom stereocenters. The second-order valence-corrected chi connectivity index (χ2v) is 6.79. The highest BCUT2D eigenvalue weighted by atomic mass is 32.2. The number of para-hydroxylation sites is 1. The number of tetrazole rings is 1. The van der Waals surface area contributed by atoms with Crippen molar-refractivity contribution in [1.82, 2.24) is 25.5 Å². The van der Waals surface area contributed by atoms with Crippen LogP contribution in [0.5, 0.6) is 5.75 Å². The van der Waals surface area contributed by atoms with E-state index in [1.54, 1.807) is 16.4 Å². The summed E-state index contributed by atoms with van der Waals surface area (Å²) in [6.07, 6.45) is 1.02. The number of rotatable bonds is 10. The lowest BCUT2D eigenvalue weighted by Gasteiger charge is -2.08. The Morgan fingerprint density at radius 2 is 2.00 bits per heavy atom. The third kappa shape index (κ3) is 5.31. The molecule has 0 aliphatic rings. The summed E-state index contributed by atoms with van der Waals surface area (Å²) >= 11 is 1.64. The summed E-state index contributed by atoms with van der Waals surface area (Å²) in [5, 5.41) is 16.2. The molecule has 3 aromatic rings. The van der Waals surface area contributed by atoms with Crippen LogP contribution in [-0.4, -0.2) is 39.1 Å². The Morgan fingerprint density at radius 1 is 1.12 bits per heavy atom. The van der Waals surface area contributed by atoms with Gasteiger partial charge in [0.15, 0.2) is 0 Å². The van der Waals surface area contributed by atoms with E-state index in [0.29, 0.717) is 0 Å². The molecule has 1 heterocycles. The minimum atomic E-state index is 0.754. The molecule has 7 heteroatoms. The molecule has 2 aromatic carbocycles. The Hall–Kier alpha value is -2.38. The van der Waals surface area contributed by atoms with Gasteiger partial charge in [-0.15, -0.1) is 5.10 Å². The normalized spacial score (nSPS) is 10.8. The van der Waals surface area contributed by atoms with Crippen LogP contribution in [0.15, 0.2) is 59.8 Å². The maximum absolute atomic E-state index is 5.67. The summed E-state index contributed by atoms with van der Waals surface area (Å²) in [6, 6.07) is 18.1. The van der Waals surface area contributed by atoms with Gasteiger partial charge in [-0.1, -0.05) is 49.0 Å². The molecule has 0 saturated heterocycles. The number of ether oxygens (including phenoxy) is 1. The monoisotopic (exact) mass is 369 g/mol. The number of benzene rings is 2. The zero-order valence-electron chi connectivity index (χ0n) is 14.8. The summed E-state index contributed by atoms with van der Waals surface area (Å²) in [5.41, 5.74) is 2.19. The molecular formula is C19H23N5OS. The quantitative estimate of drug-likeness (QED) is 0.437. The maximum atomic E-state index is 5.67. The van der Waals surface area contributed by atoms with Crippen LogP contribution in [0.4, 0.5) is 0 Å². The first-order chi connectivity index (χ1) is 12.9. The van der Waals surface area contributed by atoms with E-state index in [1.807, 2.05) is 42.5 Å². The predicted molar refractivity (Wildman–Crippen MR) is 104 cm³/mol. The zero-order valence-corrected chi connectivity index (χ0v) is 15.7. The summed E-state index contributed by atoms with van der Waals surface area (Å²) in [6.45, 7) is 4.54. The molecule has 0 fully saturated rings. The number of hydrogen-bond acceptors (Lipinski definition) is 6. The van der Waals surface area contributed by atoms with E-state index in [0.717, 1.165) is 48.5 Å². The average Bonchev–Trinajstić information content (AvgIpc) is 3.16. The Labute approximate surface area is 158 Å². The molecule has 0 spiro atoms. The lowest BCUT2D eigenvalue weighted by Crippen LogP contribution is -2.16. The van der Waals surface area contributed by atoms with E-state index in [4.69, 9.17) is 4.74 Å². The van der Waals surface area contributed by atoms with Crippen molar-refractivity contribution in [3.63, 3.8) is 0 Å². The predicted octanol–water partition coefficient (Wildman–Crippen LogP) is 3.33. The number of nitrogens with one attached hydrogen (secondary N) is 1. The van der Waals surface area contributed by atoms with Crippen LogP contribution in [0.1, 0.15) is 18.9 Å². The lowest BCUT2D eigenvalue weighted by atomic mass is 10.2. The van der Waals surface area contributed by atoms with Crippen LogP contribution in [0, 0.1) is 0 Å². The van der Waals surface area contributed by atoms with E-state index < -0.39 is 0 Å². The highest BCUT2D eigenvalue weighted by molar-refractivity contribution is 7.99. The molecule has 0 aliphatic carbocycles. The second kappa shape index (κ2) is 9.94. The molecular weight excluding hydrogens is 346 g/mol.